The molecule has 1 aromatic rings. The quantitative estimate of drug-likeness (QED) is 0.930. The molecule has 4 nitrogen and oxygen atoms in total. The van der Waals surface area contributed by atoms with Gasteiger partial charge in [0, 0.05) is 19.5 Å². The number of piperidine rings is 1. The van der Waals surface area contributed by atoms with Gasteiger partial charge in [-0.2, -0.15) is 0 Å². The number of halogens is 2. The van der Waals surface area contributed by atoms with Crippen molar-refractivity contribution < 1.29 is 23.5 Å². The second kappa shape index (κ2) is 6.85. The van der Waals surface area contributed by atoms with Crippen LogP contribution in [0.3, 0.4) is 0 Å². The van der Waals surface area contributed by atoms with Crippen molar-refractivity contribution in [2.75, 3.05) is 13.1 Å². The number of carboxylic acids is 1. The largest absolute Gasteiger partial charge is 0.481 e. The fourth-order valence-corrected chi connectivity index (χ4v) is 2.79. The number of aryl methyl sites for hydroxylation is 1. The molecule has 0 aromatic heterocycles. The first kappa shape index (κ1) is 16.4. The first-order valence-corrected chi connectivity index (χ1v) is 7.35. The lowest BCUT2D eigenvalue weighted by molar-refractivity contribution is -0.137. The predicted octanol–water partition coefficient (Wildman–Crippen LogP) is 2.99. The normalized spacial score (nSPS) is 18.3. The van der Waals surface area contributed by atoms with Gasteiger partial charge < -0.3 is 10.0 Å². The van der Waals surface area contributed by atoms with Gasteiger partial charge >= 0.3 is 5.97 Å². The van der Waals surface area contributed by atoms with Crippen LogP contribution >= 0.6 is 0 Å². The minimum atomic E-state index is -0.866. The van der Waals surface area contributed by atoms with Crippen molar-refractivity contribution in [3.63, 3.8) is 0 Å². The third-order valence-corrected chi connectivity index (χ3v) is 4.05. The van der Waals surface area contributed by atoms with Crippen molar-refractivity contribution in [1.82, 2.24) is 4.90 Å². The van der Waals surface area contributed by atoms with Gasteiger partial charge in [-0.1, -0.05) is 0 Å². The van der Waals surface area contributed by atoms with Crippen molar-refractivity contribution in [2.24, 2.45) is 5.92 Å². The minimum Gasteiger partial charge on any atom is -0.481 e. The topological polar surface area (TPSA) is 57.6 Å². The third kappa shape index (κ3) is 3.81. The van der Waals surface area contributed by atoms with E-state index in [1.165, 1.54) is 11.8 Å². The minimum absolute atomic E-state index is 0.0558. The number of carbonyl (C=O) groups is 2. The van der Waals surface area contributed by atoms with Crippen molar-refractivity contribution in [3.8, 4) is 0 Å². The van der Waals surface area contributed by atoms with E-state index < -0.39 is 23.5 Å². The molecule has 0 saturated carbocycles. The first-order chi connectivity index (χ1) is 10.4. The summed E-state index contributed by atoms with van der Waals surface area (Å²) in [6.07, 6.45) is 2.14. The summed E-state index contributed by atoms with van der Waals surface area (Å²) in [4.78, 5) is 24.5. The summed E-state index contributed by atoms with van der Waals surface area (Å²) in [5, 5.41) is 8.72. The number of amides is 1. The molecule has 0 aliphatic carbocycles. The van der Waals surface area contributed by atoms with Crippen molar-refractivity contribution in [2.45, 2.75) is 32.6 Å². The summed E-state index contributed by atoms with van der Waals surface area (Å²) >= 11 is 0. The molecule has 1 atom stereocenters. The third-order valence-electron chi connectivity index (χ3n) is 4.05. The van der Waals surface area contributed by atoms with Crippen LogP contribution in [-0.4, -0.2) is 35.0 Å². The van der Waals surface area contributed by atoms with E-state index in [1.54, 1.807) is 0 Å². The standard InChI is InChI=1S/C16H19F2NO3/c1-10-7-14(18)12(8-13(10)17)16(22)19-6-2-3-11(9-19)4-5-15(20)21/h7-8,11H,2-6,9H2,1H3,(H,20,21)/t11-/m1/s1. The van der Waals surface area contributed by atoms with Crippen molar-refractivity contribution in [3.05, 3.63) is 34.9 Å². The molecular formula is C16H19F2NO3. The van der Waals surface area contributed by atoms with Gasteiger partial charge in [0.05, 0.1) is 5.56 Å². The van der Waals surface area contributed by atoms with Gasteiger partial charge in [-0.3, -0.25) is 9.59 Å². The monoisotopic (exact) mass is 311 g/mol. The Balaban J connectivity index is 2.09. The van der Waals surface area contributed by atoms with Crippen LogP contribution in [0, 0.1) is 24.5 Å². The molecule has 0 unspecified atom stereocenters. The van der Waals surface area contributed by atoms with Crippen molar-refractivity contribution in [1.29, 1.82) is 0 Å². The van der Waals surface area contributed by atoms with Crippen LogP contribution in [0.2, 0.25) is 0 Å². The van der Waals surface area contributed by atoms with E-state index in [1.807, 2.05) is 0 Å². The van der Waals surface area contributed by atoms with Crippen LogP contribution in [-0.2, 0) is 4.79 Å². The second-order valence-electron chi connectivity index (χ2n) is 5.77. The molecule has 1 heterocycles. The molecule has 1 saturated heterocycles. The number of carbonyl (C=O) groups excluding carboxylic acids is 1. The van der Waals surface area contributed by atoms with E-state index in [0.717, 1.165) is 25.0 Å². The molecule has 0 radical (unpaired) electrons. The number of aliphatic carboxylic acids is 1. The Labute approximate surface area is 127 Å². The van der Waals surface area contributed by atoms with Crippen LogP contribution in [0.4, 0.5) is 8.78 Å². The summed E-state index contributed by atoms with van der Waals surface area (Å²) in [5.41, 5.74) is -0.103. The number of rotatable bonds is 4. The van der Waals surface area contributed by atoms with Gasteiger partial charge in [-0.05, 0) is 49.8 Å². The zero-order valence-electron chi connectivity index (χ0n) is 12.4. The number of benzene rings is 1. The van der Waals surface area contributed by atoms with Gasteiger partial charge in [0.1, 0.15) is 11.6 Å². The Bertz CT molecular complexity index is 589. The van der Waals surface area contributed by atoms with Crippen molar-refractivity contribution >= 4 is 11.9 Å². The molecule has 6 heteroatoms. The summed E-state index contributed by atoms with van der Waals surface area (Å²) in [7, 11) is 0. The Morgan fingerprint density at radius 1 is 1.32 bits per heavy atom. The maximum absolute atomic E-state index is 13.9. The van der Waals surface area contributed by atoms with Gasteiger partial charge in [0.25, 0.3) is 5.91 Å². The fourth-order valence-electron chi connectivity index (χ4n) is 2.79. The average Bonchev–Trinajstić information content (AvgIpc) is 2.48. The lowest BCUT2D eigenvalue weighted by atomic mass is 9.93. The highest BCUT2D eigenvalue weighted by Crippen LogP contribution is 2.24. The van der Waals surface area contributed by atoms with E-state index in [-0.39, 0.29) is 23.5 Å². The molecule has 1 amide bonds. The van der Waals surface area contributed by atoms with Crippen LogP contribution in [0.1, 0.15) is 41.6 Å². The highest BCUT2D eigenvalue weighted by Gasteiger charge is 2.27. The van der Waals surface area contributed by atoms with Gasteiger partial charge in [-0.15, -0.1) is 0 Å². The summed E-state index contributed by atoms with van der Waals surface area (Å²) in [6, 6.07) is 1.96. The summed E-state index contributed by atoms with van der Waals surface area (Å²) in [6.45, 7) is 2.31. The van der Waals surface area contributed by atoms with Gasteiger partial charge in [0.2, 0.25) is 0 Å². The predicted molar refractivity (Wildman–Crippen MR) is 76.6 cm³/mol. The Morgan fingerprint density at radius 3 is 2.73 bits per heavy atom. The van der Waals surface area contributed by atoms with Crippen LogP contribution in [0.5, 0.6) is 0 Å². The molecule has 1 aliphatic rings. The van der Waals surface area contributed by atoms with E-state index in [0.29, 0.717) is 19.5 Å². The smallest absolute Gasteiger partial charge is 0.303 e. The highest BCUT2D eigenvalue weighted by molar-refractivity contribution is 5.94. The molecule has 1 aliphatic heterocycles. The molecule has 0 spiro atoms. The van der Waals surface area contributed by atoms with Crippen LogP contribution < -0.4 is 0 Å². The van der Waals surface area contributed by atoms with Crippen LogP contribution in [0.25, 0.3) is 0 Å². The second-order valence-corrected chi connectivity index (χ2v) is 5.77. The molecule has 22 heavy (non-hydrogen) atoms. The molecular weight excluding hydrogens is 292 g/mol. The molecule has 1 fully saturated rings. The summed E-state index contributed by atoms with van der Waals surface area (Å²) < 4.78 is 27.5. The average molecular weight is 311 g/mol. The Hall–Kier alpha value is -1.98. The fraction of sp³-hybridized carbons (Fsp3) is 0.500. The number of hydrogen-bond acceptors (Lipinski definition) is 2. The van der Waals surface area contributed by atoms with E-state index in [4.69, 9.17) is 5.11 Å². The lowest BCUT2D eigenvalue weighted by Crippen LogP contribution is -2.40. The maximum atomic E-state index is 13.9. The lowest BCUT2D eigenvalue weighted by Gasteiger charge is -2.32. The highest BCUT2D eigenvalue weighted by atomic mass is 19.1. The molecule has 120 valence electrons. The number of nitrogens with zero attached hydrogens (tertiary/aromatic N) is 1. The zero-order chi connectivity index (χ0) is 16.3. The van der Waals surface area contributed by atoms with Gasteiger partial charge in [-0.25, -0.2) is 8.78 Å². The van der Waals surface area contributed by atoms with Crippen LogP contribution in [0.15, 0.2) is 12.1 Å². The first-order valence-electron chi connectivity index (χ1n) is 7.35. The Kier molecular flexibility index (Phi) is 5.11. The number of carboxylic acid groups (broad SMARTS) is 1. The SMILES string of the molecule is Cc1cc(F)c(C(=O)N2CCC[C@H](CCC(=O)O)C2)cc1F. The molecule has 2 rings (SSSR count). The molecule has 1 N–H and O–H groups in total. The van der Waals surface area contributed by atoms with Gasteiger partial charge in [0.15, 0.2) is 0 Å². The van der Waals surface area contributed by atoms with E-state index >= 15 is 0 Å². The summed E-state index contributed by atoms with van der Waals surface area (Å²) in [5.74, 6) is -2.64. The maximum Gasteiger partial charge on any atom is 0.303 e. The molecule has 0 bridgehead atoms. The zero-order valence-corrected chi connectivity index (χ0v) is 12.4. The number of likely N-dealkylation sites (tertiary alicyclic amines) is 1. The number of hydrogen-bond donors (Lipinski definition) is 1. The Morgan fingerprint density at radius 2 is 2.05 bits per heavy atom. The molecule has 1 aromatic carbocycles. The van der Waals surface area contributed by atoms with E-state index in [9.17, 15) is 18.4 Å². The van der Waals surface area contributed by atoms with E-state index in [2.05, 4.69) is 0 Å².